The second-order valence-electron chi connectivity index (χ2n) is 7.96. The standard InChI is InChI=1S/C23H26N2O9S2/c1-13(2)35-12-20(27)18(10-21(28)29)25-22(30)15-5-3-14(4-6-15)11-24-36(33,34)16-7-8-19(26)17(9-16)23(31)32/h3-9,13,18,24,26H,10-12H2,1-2H3,(H,25,30)(H,28,29)(H,31,32). The smallest absolute Gasteiger partial charge is 0.339 e. The zero-order valence-corrected chi connectivity index (χ0v) is 21.1. The molecule has 0 saturated heterocycles. The van der Waals surface area contributed by atoms with Gasteiger partial charge in [-0.05, 0) is 41.1 Å². The molecule has 11 nitrogen and oxygen atoms in total. The second kappa shape index (κ2) is 12.5. The number of nitrogens with one attached hydrogen (secondary N) is 2. The van der Waals surface area contributed by atoms with Crippen molar-refractivity contribution in [3.63, 3.8) is 0 Å². The largest absolute Gasteiger partial charge is 0.507 e. The molecule has 0 aliphatic heterocycles. The molecule has 13 heteroatoms. The monoisotopic (exact) mass is 538 g/mol. The minimum Gasteiger partial charge on any atom is -0.507 e. The lowest BCUT2D eigenvalue weighted by atomic mass is 10.1. The lowest BCUT2D eigenvalue weighted by Crippen LogP contribution is -2.43. The molecule has 0 radical (unpaired) electrons. The van der Waals surface area contributed by atoms with Crippen molar-refractivity contribution in [1.29, 1.82) is 0 Å². The molecule has 0 fully saturated rings. The number of ketones is 1. The van der Waals surface area contributed by atoms with Crippen molar-refractivity contribution in [3.05, 3.63) is 59.2 Å². The van der Waals surface area contributed by atoms with Crippen LogP contribution in [0, 0.1) is 0 Å². The number of phenols is 1. The Hall–Kier alpha value is -3.42. The highest BCUT2D eigenvalue weighted by molar-refractivity contribution is 8.00. The fourth-order valence-electron chi connectivity index (χ4n) is 2.90. The van der Waals surface area contributed by atoms with Crippen LogP contribution in [0.15, 0.2) is 47.4 Å². The average molecular weight is 539 g/mol. The predicted octanol–water partition coefficient (Wildman–Crippen LogP) is 1.85. The van der Waals surface area contributed by atoms with Crippen LogP contribution in [-0.4, -0.2) is 64.4 Å². The topological polar surface area (TPSA) is 187 Å². The first kappa shape index (κ1) is 28.8. The first-order chi connectivity index (χ1) is 16.8. The fraction of sp³-hybridized carbons (Fsp3) is 0.304. The third-order valence-electron chi connectivity index (χ3n) is 4.82. The summed E-state index contributed by atoms with van der Waals surface area (Å²) in [6, 6.07) is 7.41. The van der Waals surface area contributed by atoms with Crippen molar-refractivity contribution in [3.8, 4) is 5.75 Å². The molecule has 5 N–H and O–H groups in total. The number of aliphatic carboxylic acids is 1. The first-order valence-electron chi connectivity index (χ1n) is 10.6. The van der Waals surface area contributed by atoms with Gasteiger partial charge in [-0.3, -0.25) is 14.4 Å². The van der Waals surface area contributed by atoms with Gasteiger partial charge in [-0.25, -0.2) is 17.9 Å². The van der Waals surface area contributed by atoms with E-state index in [1.807, 2.05) is 13.8 Å². The van der Waals surface area contributed by atoms with E-state index >= 15 is 0 Å². The minimum absolute atomic E-state index is 0.0595. The van der Waals surface area contributed by atoms with Gasteiger partial charge in [0, 0.05) is 12.1 Å². The van der Waals surface area contributed by atoms with E-state index in [-0.39, 0.29) is 28.0 Å². The van der Waals surface area contributed by atoms with Gasteiger partial charge < -0.3 is 20.6 Å². The van der Waals surface area contributed by atoms with Gasteiger partial charge in [-0.2, -0.15) is 11.8 Å². The van der Waals surface area contributed by atoms with Crippen LogP contribution in [0.25, 0.3) is 0 Å². The quantitative estimate of drug-likeness (QED) is 0.252. The number of hydrogen-bond donors (Lipinski definition) is 5. The number of Topliss-reactive ketones (excluding diaryl/α,β-unsaturated/α-hetero) is 1. The third kappa shape index (κ3) is 8.36. The van der Waals surface area contributed by atoms with Gasteiger partial charge in [-0.15, -0.1) is 0 Å². The van der Waals surface area contributed by atoms with E-state index in [4.69, 9.17) is 10.2 Å². The van der Waals surface area contributed by atoms with Crippen molar-refractivity contribution in [2.45, 2.75) is 43.0 Å². The van der Waals surface area contributed by atoms with Gasteiger partial charge in [0.05, 0.1) is 23.1 Å². The zero-order valence-electron chi connectivity index (χ0n) is 19.4. The van der Waals surface area contributed by atoms with Gasteiger partial charge in [0.25, 0.3) is 5.91 Å². The Morgan fingerprint density at radius 3 is 2.19 bits per heavy atom. The van der Waals surface area contributed by atoms with Gasteiger partial charge in [0.2, 0.25) is 10.0 Å². The number of amides is 1. The maximum Gasteiger partial charge on any atom is 0.339 e. The maximum absolute atomic E-state index is 12.6. The number of aromatic carboxylic acids is 1. The molecule has 0 saturated carbocycles. The van der Waals surface area contributed by atoms with Gasteiger partial charge in [0.15, 0.2) is 5.78 Å². The zero-order chi connectivity index (χ0) is 27.0. The van der Waals surface area contributed by atoms with Crippen LogP contribution in [0.2, 0.25) is 0 Å². The molecule has 0 heterocycles. The summed E-state index contributed by atoms with van der Waals surface area (Å²) in [7, 11) is -4.11. The Morgan fingerprint density at radius 2 is 1.64 bits per heavy atom. The summed E-state index contributed by atoms with van der Waals surface area (Å²) in [6.07, 6.45) is -0.552. The van der Waals surface area contributed by atoms with E-state index in [1.54, 1.807) is 0 Å². The molecule has 2 rings (SSSR count). The van der Waals surface area contributed by atoms with E-state index < -0.39 is 57.4 Å². The van der Waals surface area contributed by atoms with E-state index in [0.29, 0.717) is 5.56 Å². The molecule has 1 unspecified atom stereocenters. The molecule has 1 atom stereocenters. The molecule has 36 heavy (non-hydrogen) atoms. The molecule has 1 amide bonds. The Bertz CT molecular complexity index is 1240. The number of sulfonamides is 1. The molecule has 0 aliphatic rings. The van der Waals surface area contributed by atoms with Crippen LogP contribution in [0.4, 0.5) is 0 Å². The molecule has 0 spiro atoms. The molecule has 0 bridgehead atoms. The minimum atomic E-state index is -4.11. The van der Waals surface area contributed by atoms with Gasteiger partial charge in [-0.1, -0.05) is 26.0 Å². The number of thioether (sulfide) groups is 1. The highest BCUT2D eigenvalue weighted by atomic mass is 32.2. The number of aromatic hydroxyl groups is 1. The van der Waals surface area contributed by atoms with Crippen molar-refractivity contribution < 1.29 is 42.9 Å². The number of carboxylic acid groups (broad SMARTS) is 2. The van der Waals surface area contributed by atoms with Crippen LogP contribution in [0.3, 0.4) is 0 Å². The summed E-state index contributed by atoms with van der Waals surface area (Å²) < 4.78 is 27.3. The fourth-order valence-corrected chi connectivity index (χ4v) is 4.64. The average Bonchev–Trinajstić information content (AvgIpc) is 2.80. The highest BCUT2D eigenvalue weighted by Gasteiger charge is 2.24. The third-order valence-corrected chi connectivity index (χ3v) is 7.34. The Balaban J connectivity index is 2.06. The van der Waals surface area contributed by atoms with Crippen LogP contribution >= 0.6 is 11.8 Å². The van der Waals surface area contributed by atoms with Crippen LogP contribution in [0.1, 0.15) is 46.5 Å². The molecule has 2 aromatic rings. The number of rotatable bonds is 13. The lowest BCUT2D eigenvalue weighted by molar-refractivity contribution is -0.139. The number of carboxylic acids is 2. The molecule has 0 aliphatic carbocycles. The Morgan fingerprint density at radius 1 is 1.00 bits per heavy atom. The number of hydrogen-bond acceptors (Lipinski definition) is 8. The van der Waals surface area contributed by atoms with Gasteiger partial charge >= 0.3 is 11.9 Å². The molecule has 2 aromatic carbocycles. The predicted molar refractivity (Wildman–Crippen MR) is 132 cm³/mol. The van der Waals surface area contributed by atoms with E-state index in [0.717, 1.165) is 18.2 Å². The van der Waals surface area contributed by atoms with Crippen molar-refractivity contribution in [2.75, 3.05) is 5.75 Å². The maximum atomic E-state index is 12.6. The molecule has 0 aromatic heterocycles. The van der Waals surface area contributed by atoms with Gasteiger partial charge in [0.1, 0.15) is 11.3 Å². The Kier molecular flexibility index (Phi) is 10.0. The van der Waals surface area contributed by atoms with Crippen LogP contribution < -0.4 is 10.0 Å². The van der Waals surface area contributed by atoms with E-state index in [2.05, 4.69) is 10.0 Å². The summed E-state index contributed by atoms with van der Waals surface area (Å²) in [5.74, 6) is -4.28. The SMILES string of the molecule is CC(C)SCC(=O)C(CC(=O)O)NC(=O)c1ccc(CNS(=O)(=O)c2ccc(O)c(C(=O)O)c2)cc1. The normalized spacial score (nSPS) is 12.2. The number of carbonyl (C=O) groups is 4. The first-order valence-corrected chi connectivity index (χ1v) is 13.1. The lowest BCUT2D eigenvalue weighted by Gasteiger charge is -2.16. The summed E-state index contributed by atoms with van der Waals surface area (Å²) in [5, 5.41) is 30.3. The Labute approximate surface area is 212 Å². The van der Waals surface area contributed by atoms with Crippen molar-refractivity contribution in [2.24, 2.45) is 0 Å². The van der Waals surface area contributed by atoms with Crippen molar-refractivity contribution in [1.82, 2.24) is 10.0 Å². The van der Waals surface area contributed by atoms with Crippen LogP contribution in [0.5, 0.6) is 5.75 Å². The summed E-state index contributed by atoms with van der Waals surface area (Å²) >= 11 is 1.34. The molecular formula is C23H26N2O9S2. The van der Waals surface area contributed by atoms with Crippen molar-refractivity contribution >= 4 is 45.4 Å². The number of benzene rings is 2. The summed E-state index contributed by atoms with van der Waals surface area (Å²) in [5.41, 5.74) is 0.0560. The molecular weight excluding hydrogens is 512 g/mol. The van der Waals surface area contributed by atoms with Crippen LogP contribution in [-0.2, 0) is 26.2 Å². The number of carbonyl (C=O) groups excluding carboxylic acids is 2. The summed E-state index contributed by atoms with van der Waals surface area (Å²) in [6.45, 7) is 3.60. The summed E-state index contributed by atoms with van der Waals surface area (Å²) in [4.78, 5) is 46.8. The second-order valence-corrected chi connectivity index (χ2v) is 11.3. The highest BCUT2D eigenvalue weighted by Crippen LogP contribution is 2.21. The molecule has 194 valence electrons. The van der Waals surface area contributed by atoms with E-state index in [1.165, 1.54) is 36.0 Å². The van der Waals surface area contributed by atoms with E-state index in [9.17, 15) is 32.7 Å².